The van der Waals surface area contributed by atoms with Gasteiger partial charge in [-0.1, -0.05) is 30.3 Å². The molecule has 0 saturated carbocycles. The van der Waals surface area contributed by atoms with Crippen molar-refractivity contribution in [2.75, 3.05) is 19.7 Å². The second-order valence-electron chi connectivity index (χ2n) is 5.23. The molecule has 112 valence electrons. The number of carbonyl (C=O) groups is 1. The maximum atomic E-state index is 11.7. The summed E-state index contributed by atoms with van der Waals surface area (Å²) in [5.41, 5.74) is 6.80. The standard InChI is InChI=1S/C15H22N2O2.ClH/c1-12(16)15(18)17-8-7-14(9-17)11-19-10-13-5-3-2-4-6-13;/h2-6,12,14H,7-11,16H2,1H3;1H/t12-,14?;/m0./s1. The molecule has 1 aliphatic heterocycles. The Morgan fingerprint density at radius 1 is 1.45 bits per heavy atom. The van der Waals surface area contributed by atoms with Crippen LogP contribution in [0.1, 0.15) is 18.9 Å². The minimum atomic E-state index is -0.399. The van der Waals surface area contributed by atoms with Crippen LogP contribution in [-0.4, -0.2) is 36.5 Å². The lowest BCUT2D eigenvalue weighted by molar-refractivity contribution is -0.131. The second kappa shape index (κ2) is 8.25. The van der Waals surface area contributed by atoms with Crippen molar-refractivity contribution in [1.29, 1.82) is 0 Å². The highest BCUT2D eigenvalue weighted by molar-refractivity contribution is 5.85. The minimum Gasteiger partial charge on any atom is -0.376 e. The first-order chi connectivity index (χ1) is 9.16. The monoisotopic (exact) mass is 298 g/mol. The molecule has 1 unspecified atom stereocenters. The van der Waals surface area contributed by atoms with E-state index < -0.39 is 6.04 Å². The number of nitrogens with zero attached hydrogens (tertiary/aromatic N) is 1. The Balaban J connectivity index is 0.00000200. The van der Waals surface area contributed by atoms with Gasteiger partial charge in [0.25, 0.3) is 0 Å². The van der Waals surface area contributed by atoms with E-state index >= 15 is 0 Å². The Hall–Kier alpha value is -1.10. The number of halogens is 1. The number of ether oxygens (including phenoxy) is 1. The van der Waals surface area contributed by atoms with Crippen molar-refractivity contribution in [1.82, 2.24) is 4.90 Å². The minimum absolute atomic E-state index is 0. The van der Waals surface area contributed by atoms with Gasteiger partial charge in [0.05, 0.1) is 19.3 Å². The van der Waals surface area contributed by atoms with Gasteiger partial charge in [-0.25, -0.2) is 0 Å². The second-order valence-corrected chi connectivity index (χ2v) is 5.23. The molecule has 1 aromatic rings. The quantitative estimate of drug-likeness (QED) is 0.902. The Bertz CT molecular complexity index is 412. The van der Waals surface area contributed by atoms with Crippen LogP contribution in [0.5, 0.6) is 0 Å². The van der Waals surface area contributed by atoms with Gasteiger partial charge in [-0.3, -0.25) is 4.79 Å². The van der Waals surface area contributed by atoms with Crippen LogP contribution >= 0.6 is 12.4 Å². The lowest BCUT2D eigenvalue weighted by Crippen LogP contribution is -2.40. The van der Waals surface area contributed by atoms with Crippen molar-refractivity contribution in [3.8, 4) is 0 Å². The van der Waals surface area contributed by atoms with E-state index in [4.69, 9.17) is 10.5 Å². The summed E-state index contributed by atoms with van der Waals surface area (Å²) in [6, 6.07) is 9.73. The smallest absolute Gasteiger partial charge is 0.239 e. The average Bonchev–Trinajstić information content (AvgIpc) is 2.88. The van der Waals surface area contributed by atoms with Crippen LogP contribution in [0.2, 0.25) is 0 Å². The van der Waals surface area contributed by atoms with E-state index in [1.807, 2.05) is 23.1 Å². The Morgan fingerprint density at radius 2 is 2.15 bits per heavy atom. The topological polar surface area (TPSA) is 55.6 Å². The van der Waals surface area contributed by atoms with E-state index in [0.717, 1.165) is 19.5 Å². The summed E-state index contributed by atoms with van der Waals surface area (Å²) < 4.78 is 5.72. The van der Waals surface area contributed by atoms with Gasteiger partial charge in [-0.2, -0.15) is 0 Å². The van der Waals surface area contributed by atoms with Gasteiger partial charge >= 0.3 is 0 Å². The summed E-state index contributed by atoms with van der Waals surface area (Å²) in [7, 11) is 0. The van der Waals surface area contributed by atoms with Crippen LogP contribution in [0.4, 0.5) is 0 Å². The van der Waals surface area contributed by atoms with Crippen LogP contribution in [0.15, 0.2) is 30.3 Å². The molecular weight excluding hydrogens is 276 g/mol. The lowest BCUT2D eigenvalue weighted by Gasteiger charge is -2.18. The van der Waals surface area contributed by atoms with Crippen LogP contribution in [0, 0.1) is 5.92 Å². The van der Waals surface area contributed by atoms with Crippen molar-refractivity contribution in [2.45, 2.75) is 26.0 Å². The molecule has 1 aromatic carbocycles. The van der Waals surface area contributed by atoms with Crippen LogP contribution in [0.25, 0.3) is 0 Å². The molecule has 0 aliphatic carbocycles. The SMILES string of the molecule is C[C@H](N)C(=O)N1CCC(COCc2ccccc2)C1.Cl. The third-order valence-electron chi connectivity index (χ3n) is 3.45. The summed E-state index contributed by atoms with van der Waals surface area (Å²) in [5, 5.41) is 0. The van der Waals surface area contributed by atoms with Crippen molar-refractivity contribution < 1.29 is 9.53 Å². The number of carbonyl (C=O) groups excluding carboxylic acids is 1. The largest absolute Gasteiger partial charge is 0.376 e. The normalized spacial score (nSPS) is 19.5. The summed E-state index contributed by atoms with van der Waals surface area (Å²) in [5.74, 6) is 0.483. The Labute approximate surface area is 126 Å². The molecule has 1 saturated heterocycles. The predicted molar refractivity (Wildman–Crippen MR) is 81.7 cm³/mol. The van der Waals surface area contributed by atoms with Crippen LogP contribution in [-0.2, 0) is 16.1 Å². The van der Waals surface area contributed by atoms with Gasteiger partial charge in [0, 0.05) is 19.0 Å². The number of nitrogens with two attached hydrogens (primary N) is 1. The van der Waals surface area contributed by atoms with Gasteiger partial charge in [-0.05, 0) is 18.9 Å². The van der Waals surface area contributed by atoms with E-state index in [0.29, 0.717) is 19.1 Å². The van der Waals surface area contributed by atoms with E-state index in [9.17, 15) is 4.79 Å². The molecule has 1 fully saturated rings. The van der Waals surface area contributed by atoms with Gasteiger partial charge in [0.1, 0.15) is 0 Å². The molecule has 2 atom stereocenters. The number of hydrogen-bond donors (Lipinski definition) is 1. The lowest BCUT2D eigenvalue weighted by atomic mass is 10.1. The number of hydrogen-bond acceptors (Lipinski definition) is 3. The predicted octanol–water partition coefficient (Wildman–Crippen LogP) is 1.82. The van der Waals surface area contributed by atoms with Crippen LogP contribution in [0.3, 0.4) is 0 Å². The molecule has 0 radical (unpaired) electrons. The fourth-order valence-corrected chi connectivity index (χ4v) is 2.37. The van der Waals surface area contributed by atoms with E-state index in [2.05, 4.69) is 12.1 Å². The molecule has 1 aliphatic rings. The van der Waals surface area contributed by atoms with Gasteiger partial charge in [0.2, 0.25) is 5.91 Å². The zero-order valence-electron chi connectivity index (χ0n) is 11.8. The number of likely N-dealkylation sites (tertiary alicyclic amines) is 1. The first-order valence-corrected chi connectivity index (χ1v) is 6.83. The van der Waals surface area contributed by atoms with E-state index in [1.54, 1.807) is 6.92 Å². The molecule has 4 nitrogen and oxygen atoms in total. The zero-order chi connectivity index (χ0) is 13.7. The highest BCUT2D eigenvalue weighted by Gasteiger charge is 2.27. The maximum absolute atomic E-state index is 11.7. The third kappa shape index (κ3) is 4.78. The summed E-state index contributed by atoms with van der Waals surface area (Å²) in [6.45, 7) is 4.66. The van der Waals surface area contributed by atoms with E-state index in [-0.39, 0.29) is 18.3 Å². The summed E-state index contributed by atoms with van der Waals surface area (Å²) in [6.07, 6.45) is 1.01. The first kappa shape index (κ1) is 17.0. The zero-order valence-corrected chi connectivity index (χ0v) is 12.6. The molecule has 0 spiro atoms. The highest BCUT2D eigenvalue weighted by atomic mass is 35.5. The molecule has 1 heterocycles. The first-order valence-electron chi connectivity index (χ1n) is 6.83. The third-order valence-corrected chi connectivity index (χ3v) is 3.45. The highest BCUT2D eigenvalue weighted by Crippen LogP contribution is 2.17. The van der Waals surface area contributed by atoms with Crippen molar-refractivity contribution in [3.05, 3.63) is 35.9 Å². The number of amides is 1. The molecule has 5 heteroatoms. The number of benzene rings is 1. The van der Waals surface area contributed by atoms with E-state index in [1.165, 1.54) is 5.56 Å². The van der Waals surface area contributed by atoms with Crippen molar-refractivity contribution in [3.63, 3.8) is 0 Å². The van der Waals surface area contributed by atoms with Gasteiger partial charge in [0.15, 0.2) is 0 Å². The molecule has 1 amide bonds. The molecule has 0 bridgehead atoms. The fourth-order valence-electron chi connectivity index (χ4n) is 2.37. The Kier molecular flexibility index (Phi) is 6.99. The Morgan fingerprint density at radius 3 is 2.80 bits per heavy atom. The molecular formula is C15H23ClN2O2. The van der Waals surface area contributed by atoms with Gasteiger partial charge < -0.3 is 15.4 Å². The van der Waals surface area contributed by atoms with Crippen LogP contribution < -0.4 is 5.73 Å². The number of rotatable bonds is 5. The molecule has 0 aromatic heterocycles. The van der Waals surface area contributed by atoms with Crippen molar-refractivity contribution in [2.24, 2.45) is 11.7 Å². The summed E-state index contributed by atoms with van der Waals surface area (Å²) in [4.78, 5) is 13.6. The fraction of sp³-hybridized carbons (Fsp3) is 0.533. The maximum Gasteiger partial charge on any atom is 0.239 e. The molecule has 20 heavy (non-hydrogen) atoms. The van der Waals surface area contributed by atoms with Crippen molar-refractivity contribution >= 4 is 18.3 Å². The summed E-state index contributed by atoms with van der Waals surface area (Å²) >= 11 is 0. The molecule has 2 rings (SSSR count). The molecule has 2 N–H and O–H groups in total. The average molecular weight is 299 g/mol. The van der Waals surface area contributed by atoms with Gasteiger partial charge in [-0.15, -0.1) is 12.4 Å².